The molecule has 0 unspecified atom stereocenters. The van der Waals surface area contributed by atoms with E-state index in [0.29, 0.717) is 18.3 Å². The lowest BCUT2D eigenvalue weighted by atomic mass is 9.77. The molecule has 3 aliphatic rings. The maximum Gasteiger partial charge on any atom is 0.303 e. The number of carboxylic acid groups (broad SMARTS) is 1. The Morgan fingerprint density at radius 1 is 1.38 bits per heavy atom. The van der Waals surface area contributed by atoms with Gasteiger partial charge in [0.25, 0.3) is 0 Å². The topological polar surface area (TPSA) is 40.5 Å². The zero-order valence-corrected chi connectivity index (χ0v) is 8.42. The average molecular weight is 206 g/mol. The summed E-state index contributed by atoms with van der Waals surface area (Å²) in [5, 5.41) is 8.68. The molecule has 3 fully saturated rings. The number of hydrogen-bond donors (Lipinski definition) is 1. The number of hydrogen-bond acceptors (Lipinski definition) is 2. The number of piperidine rings is 3. The molecular weight excluding hydrogens is 190 g/mol. The van der Waals surface area contributed by atoms with Gasteiger partial charge < -0.3 is 10.0 Å². The highest BCUT2D eigenvalue weighted by Crippen LogP contribution is 2.33. The molecule has 0 aromatic carbocycles. The fourth-order valence-corrected chi connectivity index (χ4v) is 2.54. The first-order chi connectivity index (χ1) is 5.75. The molecule has 0 amide bonds. The standard InChI is InChI=1S/C9H15NO2.ClH/c11-9(12)5-8-6-10-3-1-7(8)2-4-10;/h7-8H,1-6H2,(H,11,12);1H/t8-;/m0./s1. The maximum absolute atomic E-state index is 10.5. The van der Waals surface area contributed by atoms with Crippen molar-refractivity contribution >= 4 is 18.4 Å². The van der Waals surface area contributed by atoms with Gasteiger partial charge in [0.15, 0.2) is 0 Å². The molecule has 4 heteroatoms. The van der Waals surface area contributed by atoms with Crippen molar-refractivity contribution in [3.63, 3.8) is 0 Å². The molecule has 76 valence electrons. The molecule has 0 spiro atoms. The van der Waals surface area contributed by atoms with Crippen LogP contribution in [0.5, 0.6) is 0 Å². The highest BCUT2D eigenvalue weighted by molar-refractivity contribution is 5.85. The van der Waals surface area contributed by atoms with Gasteiger partial charge in [-0.1, -0.05) is 0 Å². The van der Waals surface area contributed by atoms with Gasteiger partial charge in [-0.25, -0.2) is 0 Å². The molecule has 3 heterocycles. The van der Waals surface area contributed by atoms with E-state index in [1.54, 1.807) is 0 Å². The largest absolute Gasteiger partial charge is 0.481 e. The first-order valence-corrected chi connectivity index (χ1v) is 4.70. The highest BCUT2D eigenvalue weighted by atomic mass is 35.5. The molecule has 1 atom stereocenters. The molecule has 3 rings (SSSR count). The quantitative estimate of drug-likeness (QED) is 0.737. The normalized spacial score (nSPS) is 36.8. The fourth-order valence-electron chi connectivity index (χ4n) is 2.54. The van der Waals surface area contributed by atoms with Gasteiger partial charge >= 0.3 is 5.97 Å². The summed E-state index contributed by atoms with van der Waals surface area (Å²) in [6.07, 6.45) is 2.82. The summed E-state index contributed by atoms with van der Waals surface area (Å²) in [6.45, 7) is 3.42. The van der Waals surface area contributed by atoms with Crippen LogP contribution in [0.4, 0.5) is 0 Å². The average Bonchev–Trinajstić information content (AvgIpc) is 2.05. The zero-order valence-electron chi connectivity index (χ0n) is 7.61. The van der Waals surface area contributed by atoms with Gasteiger partial charge in [-0.2, -0.15) is 0 Å². The van der Waals surface area contributed by atoms with E-state index < -0.39 is 5.97 Å². The van der Waals surface area contributed by atoms with Crippen molar-refractivity contribution in [2.24, 2.45) is 11.8 Å². The lowest BCUT2D eigenvalue weighted by Crippen LogP contribution is -2.47. The minimum absolute atomic E-state index is 0. The van der Waals surface area contributed by atoms with Gasteiger partial charge in [0.2, 0.25) is 0 Å². The third-order valence-electron chi connectivity index (χ3n) is 3.23. The van der Waals surface area contributed by atoms with Crippen molar-refractivity contribution in [3.8, 4) is 0 Å². The van der Waals surface area contributed by atoms with E-state index in [1.807, 2.05) is 0 Å². The Balaban J connectivity index is 0.000000845. The molecule has 2 bridgehead atoms. The number of halogens is 1. The zero-order chi connectivity index (χ0) is 8.55. The predicted octanol–water partition coefficient (Wildman–Crippen LogP) is 1.22. The minimum atomic E-state index is -0.631. The molecule has 0 saturated carbocycles. The Morgan fingerprint density at radius 2 is 2.00 bits per heavy atom. The number of carboxylic acids is 1. The highest BCUT2D eigenvalue weighted by Gasteiger charge is 2.34. The van der Waals surface area contributed by atoms with Crippen LogP contribution in [0.1, 0.15) is 19.3 Å². The summed E-state index contributed by atoms with van der Waals surface area (Å²) in [6, 6.07) is 0. The Bertz CT molecular complexity index is 190. The van der Waals surface area contributed by atoms with E-state index in [4.69, 9.17) is 5.11 Å². The Labute approximate surface area is 84.5 Å². The number of fused-ring (bicyclic) bond motifs is 3. The third-order valence-corrected chi connectivity index (χ3v) is 3.23. The van der Waals surface area contributed by atoms with E-state index >= 15 is 0 Å². The van der Waals surface area contributed by atoms with E-state index in [0.717, 1.165) is 6.54 Å². The number of nitrogens with zero attached hydrogens (tertiary/aromatic N) is 1. The minimum Gasteiger partial charge on any atom is -0.481 e. The third kappa shape index (κ3) is 2.35. The second-order valence-electron chi connectivity index (χ2n) is 4.00. The lowest BCUT2D eigenvalue weighted by Gasteiger charge is -2.44. The summed E-state index contributed by atoms with van der Waals surface area (Å²) in [7, 11) is 0. The molecule has 3 aliphatic heterocycles. The van der Waals surface area contributed by atoms with Crippen LogP contribution in [0.2, 0.25) is 0 Å². The molecule has 3 nitrogen and oxygen atoms in total. The second kappa shape index (κ2) is 4.29. The molecule has 13 heavy (non-hydrogen) atoms. The van der Waals surface area contributed by atoms with Gasteiger partial charge in [0.05, 0.1) is 0 Å². The van der Waals surface area contributed by atoms with Crippen molar-refractivity contribution in [3.05, 3.63) is 0 Å². The van der Waals surface area contributed by atoms with Crippen LogP contribution in [-0.4, -0.2) is 35.6 Å². The monoisotopic (exact) mass is 205 g/mol. The first-order valence-electron chi connectivity index (χ1n) is 4.70. The van der Waals surface area contributed by atoms with Crippen LogP contribution in [0.15, 0.2) is 0 Å². The van der Waals surface area contributed by atoms with Crippen LogP contribution in [0, 0.1) is 11.8 Å². The van der Waals surface area contributed by atoms with Gasteiger partial charge in [-0.3, -0.25) is 4.79 Å². The first kappa shape index (κ1) is 10.8. The van der Waals surface area contributed by atoms with Gasteiger partial charge in [0, 0.05) is 13.0 Å². The molecule has 1 N–H and O–H groups in total. The number of carbonyl (C=O) groups is 1. The summed E-state index contributed by atoms with van der Waals surface area (Å²) in [5.41, 5.74) is 0. The molecule has 3 saturated heterocycles. The van der Waals surface area contributed by atoms with Crippen molar-refractivity contribution in [1.82, 2.24) is 4.90 Å². The van der Waals surface area contributed by atoms with Gasteiger partial charge in [0.1, 0.15) is 0 Å². The van der Waals surface area contributed by atoms with Crippen LogP contribution >= 0.6 is 12.4 Å². The number of rotatable bonds is 2. The molecule has 0 aromatic rings. The summed E-state index contributed by atoms with van der Waals surface area (Å²) in [5.74, 6) is 0.504. The smallest absolute Gasteiger partial charge is 0.303 e. The SMILES string of the molecule is Cl.O=C(O)C[C@H]1CN2CCC1CC2. The lowest BCUT2D eigenvalue weighted by molar-refractivity contribution is -0.139. The fraction of sp³-hybridized carbons (Fsp3) is 0.889. The maximum atomic E-state index is 10.5. The van der Waals surface area contributed by atoms with Crippen molar-refractivity contribution in [2.75, 3.05) is 19.6 Å². The van der Waals surface area contributed by atoms with E-state index in [9.17, 15) is 4.79 Å². The summed E-state index contributed by atoms with van der Waals surface area (Å²) in [4.78, 5) is 12.9. The van der Waals surface area contributed by atoms with Gasteiger partial charge in [-0.15, -0.1) is 12.4 Å². The summed E-state index contributed by atoms with van der Waals surface area (Å²) < 4.78 is 0. The Morgan fingerprint density at radius 3 is 2.38 bits per heavy atom. The second-order valence-corrected chi connectivity index (χ2v) is 4.00. The van der Waals surface area contributed by atoms with Crippen molar-refractivity contribution in [2.45, 2.75) is 19.3 Å². The van der Waals surface area contributed by atoms with Gasteiger partial charge in [-0.05, 0) is 37.8 Å². The van der Waals surface area contributed by atoms with Crippen LogP contribution in [0.25, 0.3) is 0 Å². The Kier molecular flexibility index (Phi) is 3.56. The molecule has 0 aliphatic carbocycles. The van der Waals surface area contributed by atoms with Crippen LogP contribution in [-0.2, 0) is 4.79 Å². The van der Waals surface area contributed by atoms with E-state index in [2.05, 4.69) is 4.90 Å². The Hall–Kier alpha value is -0.280. The van der Waals surface area contributed by atoms with E-state index in [1.165, 1.54) is 25.9 Å². The summed E-state index contributed by atoms with van der Waals surface area (Å²) >= 11 is 0. The molecule has 0 radical (unpaired) electrons. The van der Waals surface area contributed by atoms with Crippen LogP contribution < -0.4 is 0 Å². The van der Waals surface area contributed by atoms with Crippen molar-refractivity contribution in [1.29, 1.82) is 0 Å². The van der Waals surface area contributed by atoms with Crippen molar-refractivity contribution < 1.29 is 9.90 Å². The molecule has 0 aromatic heterocycles. The van der Waals surface area contributed by atoms with Crippen LogP contribution in [0.3, 0.4) is 0 Å². The predicted molar refractivity (Wildman–Crippen MR) is 52.2 cm³/mol. The number of aliphatic carboxylic acids is 1. The molecular formula is C9H16ClNO2. The van der Waals surface area contributed by atoms with E-state index in [-0.39, 0.29) is 12.4 Å².